The van der Waals surface area contributed by atoms with Crippen molar-refractivity contribution >= 4 is 17.5 Å². The molecule has 4 nitrogen and oxygen atoms in total. The number of carbonyl (C=O) groups is 1. The van der Waals surface area contributed by atoms with Gasteiger partial charge in [0.05, 0.1) is 12.2 Å². The maximum atomic E-state index is 11.7. The Hall–Kier alpha value is -0.320. The minimum atomic E-state index is -0.0179. The van der Waals surface area contributed by atoms with Crippen LogP contribution in [0.3, 0.4) is 0 Å². The second-order valence-corrected chi connectivity index (χ2v) is 4.91. The first kappa shape index (κ1) is 12.1. The Balaban J connectivity index is 1.83. The number of alkyl halides is 1. The first-order valence-corrected chi connectivity index (χ1v) is 6.48. The van der Waals surface area contributed by atoms with Crippen molar-refractivity contribution in [1.82, 2.24) is 10.2 Å². The minimum Gasteiger partial charge on any atom is -0.372 e. The highest BCUT2D eigenvalue weighted by Gasteiger charge is 2.37. The van der Waals surface area contributed by atoms with Crippen LogP contribution in [0.15, 0.2) is 0 Å². The molecule has 0 aromatic rings. The summed E-state index contributed by atoms with van der Waals surface area (Å²) in [5, 5.41) is 3.36. The molecule has 0 aromatic heterocycles. The summed E-state index contributed by atoms with van der Waals surface area (Å²) in [5.74, 6) is 0.590. The molecule has 2 rings (SSSR count). The molecular weight excluding hydrogens is 228 g/mol. The number of nitrogens with zero attached hydrogens (tertiary/aromatic N) is 1. The largest absolute Gasteiger partial charge is 0.372 e. The summed E-state index contributed by atoms with van der Waals surface area (Å²) >= 11 is 5.58. The fourth-order valence-electron chi connectivity index (χ4n) is 2.43. The van der Waals surface area contributed by atoms with Crippen LogP contribution in [0.25, 0.3) is 0 Å². The molecule has 5 heteroatoms. The third-order valence-electron chi connectivity index (χ3n) is 3.47. The number of hydrogen-bond acceptors (Lipinski definition) is 3. The Morgan fingerprint density at radius 2 is 2.19 bits per heavy atom. The number of carbonyl (C=O) groups excluding carboxylic acids is 1. The Morgan fingerprint density at radius 1 is 1.44 bits per heavy atom. The molecule has 0 unspecified atom stereocenters. The number of nitrogens with one attached hydrogen (secondary N) is 1. The van der Waals surface area contributed by atoms with Crippen LogP contribution >= 0.6 is 11.6 Å². The Morgan fingerprint density at radius 3 is 2.75 bits per heavy atom. The number of halogens is 1. The van der Waals surface area contributed by atoms with Crippen LogP contribution in [0.5, 0.6) is 0 Å². The summed E-state index contributed by atoms with van der Waals surface area (Å²) in [6.07, 6.45) is 2.33. The zero-order valence-corrected chi connectivity index (χ0v) is 10.3. The van der Waals surface area contributed by atoms with E-state index < -0.39 is 0 Å². The van der Waals surface area contributed by atoms with E-state index in [2.05, 4.69) is 5.32 Å². The van der Waals surface area contributed by atoms with Crippen LogP contribution in [-0.2, 0) is 9.53 Å². The van der Waals surface area contributed by atoms with Crippen molar-refractivity contribution in [2.45, 2.75) is 24.9 Å². The second kappa shape index (κ2) is 5.34. The van der Waals surface area contributed by atoms with Gasteiger partial charge < -0.3 is 15.0 Å². The average Bonchev–Trinajstić information content (AvgIpc) is 2.31. The first-order valence-electron chi connectivity index (χ1n) is 5.94. The van der Waals surface area contributed by atoms with Gasteiger partial charge in [0.25, 0.3) is 0 Å². The SMILES string of the molecule is O=C(CCCl)N1CCC2(CC1)CNCCO2. The van der Waals surface area contributed by atoms with Crippen LogP contribution < -0.4 is 5.32 Å². The van der Waals surface area contributed by atoms with Crippen molar-refractivity contribution in [2.24, 2.45) is 0 Å². The molecule has 2 aliphatic heterocycles. The van der Waals surface area contributed by atoms with Gasteiger partial charge in [0.1, 0.15) is 0 Å². The fourth-order valence-corrected chi connectivity index (χ4v) is 2.59. The molecule has 0 aliphatic carbocycles. The molecule has 2 fully saturated rings. The van der Waals surface area contributed by atoms with E-state index in [1.54, 1.807) is 0 Å². The van der Waals surface area contributed by atoms with Gasteiger partial charge in [-0.15, -0.1) is 11.6 Å². The molecule has 0 bridgehead atoms. The summed E-state index contributed by atoms with van der Waals surface area (Å²) in [6.45, 7) is 4.26. The van der Waals surface area contributed by atoms with Crippen molar-refractivity contribution in [2.75, 3.05) is 38.7 Å². The topological polar surface area (TPSA) is 41.6 Å². The van der Waals surface area contributed by atoms with Crippen molar-refractivity contribution in [3.8, 4) is 0 Å². The predicted octanol–water partition coefficient (Wildman–Crippen LogP) is 0.596. The quantitative estimate of drug-likeness (QED) is 0.726. The van der Waals surface area contributed by atoms with E-state index >= 15 is 0 Å². The molecule has 0 atom stereocenters. The Kier molecular flexibility index (Phi) is 4.05. The summed E-state index contributed by atoms with van der Waals surface area (Å²) in [6, 6.07) is 0. The highest BCUT2D eigenvalue weighted by Crippen LogP contribution is 2.27. The van der Waals surface area contributed by atoms with Crippen LogP contribution in [-0.4, -0.2) is 55.1 Å². The van der Waals surface area contributed by atoms with Crippen molar-refractivity contribution in [3.05, 3.63) is 0 Å². The highest BCUT2D eigenvalue weighted by molar-refractivity contribution is 6.18. The molecule has 92 valence electrons. The van der Waals surface area contributed by atoms with Gasteiger partial charge in [0.15, 0.2) is 0 Å². The molecule has 0 saturated carbocycles. The van der Waals surface area contributed by atoms with Gasteiger partial charge in [0, 0.05) is 38.5 Å². The lowest BCUT2D eigenvalue weighted by atomic mass is 9.90. The van der Waals surface area contributed by atoms with E-state index in [0.717, 1.165) is 45.6 Å². The van der Waals surface area contributed by atoms with E-state index in [1.165, 1.54) is 0 Å². The molecule has 2 aliphatic rings. The molecule has 0 aromatic carbocycles. The molecular formula is C11H19ClN2O2. The zero-order chi connectivity index (χ0) is 11.4. The molecule has 2 heterocycles. The van der Waals surface area contributed by atoms with Gasteiger partial charge >= 0.3 is 0 Å². The fraction of sp³-hybridized carbons (Fsp3) is 0.909. The van der Waals surface area contributed by atoms with Crippen molar-refractivity contribution in [3.63, 3.8) is 0 Å². The van der Waals surface area contributed by atoms with E-state index in [-0.39, 0.29) is 11.5 Å². The lowest BCUT2D eigenvalue weighted by Gasteiger charge is -2.44. The van der Waals surface area contributed by atoms with Gasteiger partial charge in [-0.3, -0.25) is 4.79 Å². The number of ether oxygens (including phenoxy) is 1. The molecule has 2 saturated heterocycles. The number of amides is 1. The van der Waals surface area contributed by atoms with E-state index in [0.29, 0.717) is 12.3 Å². The van der Waals surface area contributed by atoms with Gasteiger partial charge in [-0.25, -0.2) is 0 Å². The summed E-state index contributed by atoms with van der Waals surface area (Å²) < 4.78 is 5.87. The van der Waals surface area contributed by atoms with Crippen LogP contribution in [0.1, 0.15) is 19.3 Å². The monoisotopic (exact) mass is 246 g/mol. The minimum absolute atomic E-state index is 0.0179. The molecule has 0 radical (unpaired) electrons. The first-order chi connectivity index (χ1) is 7.76. The molecule has 16 heavy (non-hydrogen) atoms. The average molecular weight is 247 g/mol. The van der Waals surface area contributed by atoms with Gasteiger partial charge in [0.2, 0.25) is 5.91 Å². The normalized spacial score (nSPS) is 24.7. The maximum absolute atomic E-state index is 11.7. The summed E-state index contributed by atoms with van der Waals surface area (Å²) in [7, 11) is 0. The van der Waals surface area contributed by atoms with Crippen LogP contribution in [0.4, 0.5) is 0 Å². The Labute approximate surface area is 101 Å². The van der Waals surface area contributed by atoms with E-state index in [1.807, 2.05) is 4.90 Å². The lowest BCUT2D eigenvalue weighted by molar-refractivity contribution is -0.140. The molecule has 1 spiro atoms. The number of morpholine rings is 1. The van der Waals surface area contributed by atoms with Crippen molar-refractivity contribution in [1.29, 1.82) is 0 Å². The van der Waals surface area contributed by atoms with Crippen LogP contribution in [0, 0.1) is 0 Å². The molecule has 1 N–H and O–H groups in total. The molecule has 1 amide bonds. The van der Waals surface area contributed by atoms with Gasteiger partial charge in [-0.2, -0.15) is 0 Å². The Bertz CT molecular complexity index is 244. The van der Waals surface area contributed by atoms with Gasteiger partial charge in [-0.1, -0.05) is 0 Å². The number of piperidine rings is 1. The second-order valence-electron chi connectivity index (χ2n) is 4.53. The summed E-state index contributed by atoms with van der Waals surface area (Å²) in [5.41, 5.74) is -0.0179. The number of hydrogen-bond donors (Lipinski definition) is 1. The standard InChI is InChI=1S/C11H19ClN2O2/c12-4-1-10(15)14-6-2-11(3-7-14)9-13-5-8-16-11/h13H,1-9H2. The maximum Gasteiger partial charge on any atom is 0.223 e. The van der Waals surface area contributed by atoms with E-state index in [9.17, 15) is 4.79 Å². The van der Waals surface area contributed by atoms with Gasteiger partial charge in [-0.05, 0) is 12.8 Å². The zero-order valence-electron chi connectivity index (χ0n) is 9.51. The van der Waals surface area contributed by atoms with Crippen molar-refractivity contribution < 1.29 is 9.53 Å². The third kappa shape index (κ3) is 2.67. The highest BCUT2D eigenvalue weighted by atomic mass is 35.5. The summed E-state index contributed by atoms with van der Waals surface area (Å²) in [4.78, 5) is 13.6. The number of likely N-dealkylation sites (tertiary alicyclic amines) is 1. The predicted molar refractivity (Wildman–Crippen MR) is 62.7 cm³/mol. The third-order valence-corrected chi connectivity index (χ3v) is 3.66. The smallest absolute Gasteiger partial charge is 0.223 e. The van der Waals surface area contributed by atoms with E-state index in [4.69, 9.17) is 16.3 Å². The number of rotatable bonds is 2. The lowest BCUT2D eigenvalue weighted by Crippen LogP contribution is -2.56. The van der Waals surface area contributed by atoms with Crippen LogP contribution in [0.2, 0.25) is 0 Å².